The van der Waals surface area contributed by atoms with Gasteiger partial charge in [0.15, 0.2) is 17.3 Å². The highest BCUT2D eigenvalue weighted by molar-refractivity contribution is 7.71. The Morgan fingerprint density at radius 2 is 2.03 bits per heavy atom. The Bertz CT molecular complexity index is 1030. The van der Waals surface area contributed by atoms with Crippen LogP contribution in [0.2, 0.25) is 5.02 Å². The molecule has 9 heteroatoms. The molecule has 160 valence electrons. The van der Waals surface area contributed by atoms with Gasteiger partial charge in [0.2, 0.25) is 4.77 Å². The van der Waals surface area contributed by atoms with Gasteiger partial charge in [-0.25, -0.2) is 9.07 Å². The third kappa shape index (κ3) is 5.31. The van der Waals surface area contributed by atoms with Gasteiger partial charge >= 0.3 is 0 Å². The molecule has 0 fully saturated rings. The smallest absolute Gasteiger partial charge is 0.214 e. The van der Waals surface area contributed by atoms with Crippen molar-refractivity contribution >= 4 is 23.8 Å². The van der Waals surface area contributed by atoms with E-state index < -0.39 is 5.82 Å². The molecule has 1 heterocycles. The number of hydrogen-bond acceptors (Lipinski definition) is 5. The van der Waals surface area contributed by atoms with Crippen LogP contribution >= 0.6 is 23.8 Å². The van der Waals surface area contributed by atoms with E-state index in [4.69, 9.17) is 33.3 Å². The second-order valence-corrected chi connectivity index (χ2v) is 7.36. The summed E-state index contributed by atoms with van der Waals surface area (Å²) in [6, 6.07) is 10.2. The van der Waals surface area contributed by atoms with Gasteiger partial charge in [-0.1, -0.05) is 30.7 Å². The van der Waals surface area contributed by atoms with Crippen LogP contribution in [-0.4, -0.2) is 21.5 Å². The second-order valence-electron chi connectivity index (χ2n) is 6.57. The van der Waals surface area contributed by atoms with Crippen LogP contribution in [0.3, 0.4) is 0 Å². The summed E-state index contributed by atoms with van der Waals surface area (Å²) >= 11 is 11.4. The molecule has 2 aromatic carbocycles. The average Bonchev–Trinajstić information content (AvgIpc) is 3.07. The largest absolute Gasteiger partial charge is 0.490 e. The Labute approximate surface area is 185 Å². The van der Waals surface area contributed by atoms with E-state index in [1.54, 1.807) is 22.9 Å². The minimum absolute atomic E-state index is 0.00768. The fraction of sp³-hybridized carbons (Fsp3) is 0.333. The molecule has 0 spiro atoms. The first-order chi connectivity index (χ1) is 14.5. The zero-order chi connectivity index (χ0) is 21.5. The number of halogens is 2. The van der Waals surface area contributed by atoms with Crippen molar-refractivity contribution < 1.29 is 13.9 Å². The maximum absolute atomic E-state index is 14.0. The Morgan fingerprint density at radius 1 is 1.20 bits per heavy atom. The molecule has 3 rings (SSSR count). The van der Waals surface area contributed by atoms with E-state index in [0.717, 1.165) is 24.2 Å². The number of aromatic nitrogens is 3. The van der Waals surface area contributed by atoms with Gasteiger partial charge in [-0.3, -0.25) is 5.10 Å². The summed E-state index contributed by atoms with van der Waals surface area (Å²) < 4.78 is 27.8. The summed E-state index contributed by atoms with van der Waals surface area (Å²) in [5.74, 6) is 1.55. The lowest BCUT2D eigenvalue weighted by Gasteiger charge is -2.15. The van der Waals surface area contributed by atoms with Crippen molar-refractivity contribution in [3.63, 3.8) is 0 Å². The van der Waals surface area contributed by atoms with E-state index in [1.807, 2.05) is 19.1 Å². The van der Waals surface area contributed by atoms with Crippen molar-refractivity contribution in [2.45, 2.75) is 39.8 Å². The van der Waals surface area contributed by atoms with Gasteiger partial charge < -0.3 is 14.9 Å². The molecular formula is C21H24ClFN4O2S. The molecule has 0 atom stereocenters. The van der Waals surface area contributed by atoms with Gasteiger partial charge in [-0.15, -0.1) is 0 Å². The Kier molecular flexibility index (Phi) is 7.70. The van der Waals surface area contributed by atoms with E-state index in [-0.39, 0.29) is 6.61 Å². The molecule has 0 bridgehead atoms. The number of ether oxygens (including phenoxy) is 2. The summed E-state index contributed by atoms with van der Waals surface area (Å²) in [6.07, 6.45) is 1.78. The highest BCUT2D eigenvalue weighted by Crippen LogP contribution is 2.30. The topological polar surface area (TPSA) is 64.1 Å². The summed E-state index contributed by atoms with van der Waals surface area (Å²) in [5, 5.41) is 7.38. The van der Waals surface area contributed by atoms with Crippen LogP contribution in [0.15, 0.2) is 36.4 Å². The number of nitrogens with zero attached hydrogens (tertiary/aromatic N) is 2. The number of aryl methyl sites for hydroxylation is 1. The molecular weight excluding hydrogens is 427 g/mol. The second kappa shape index (κ2) is 10.4. The number of H-pyrrole nitrogens is 1. The average molecular weight is 451 g/mol. The standard InChI is InChI=1S/C21H24ClFN4O2S/c1-3-6-20-25-26-21(30)27(20)24-12-14-9-10-18(19(11-14)28-4-2)29-13-15-16(22)7-5-8-17(15)23/h5,7-11,24H,3-4,6,12-13H2,1-2H3,(H,26,30). The molecule has 6 nitrogen and oxygen atoms in total. The maximum atomic E-state index is 14.0. The molecule has 0 radical (unpaired) electrons. The minimum Gasteiger partial charge on any atom is -0.490 e. The van der Waals surface area contributed by atoms with Crippen molar-refractivity contribution in [2.24, 2.45) is 0 Å². The molecule has 0 saturated carbocycles. The van der Waals surface area contributed by atoms with E-state index in [0.29, 0.717) is 40.0 Å². The number of benzene rings is 2. The zero-order valence-corrected chi connectivity index (χ0v) is 18.4. The highest BCUT2D eigenvalue weighted by Gasteiger charge is 2.12. The normalized spacial score (nSPS) is 10.8. The molecule has 30 heavy (non-hydrogen) atoms. The van der Waals surface area contributed by atoms with Crippen molar-refractivity contribution in [1.82, 2.24) is 14.9 Å². The van der Waals surface area contributed by atoms with Crippen LogP contribution in [0.5, 0.6) is 11.5 Å². The van der Waals surface area contributed by atoms with Crippen LogP contribution < -0.4 is 14.9 Å². The first kappa shape index (κ1) is 22.1. The van der Waals surface area contributed by atoms with Gasteiger partial charge in [0.25, 0.3) is 0 Å². The third-order valence-corrected chi connectivity index (χ3v) is 5.03. The highest BCUT2D eigenvalue weighted by atomic mass is 35.5. The van der Waals surface area contributed by atoms with E-state index >= 15 is 0 Å². The van der Waals surface area contributed by atoms with Crippen LogP contribution in [0.25, 0.3) is 0 Å². The Hall–Kier alpha value is -2.58. The predicted octanol–water partition coefficient (Wildman–Crippen LogP) is 5.41. The number of rotatable bonds is 10. The lowest BCUT2D eigenvalue weighted by molar-refractivity contribution is 0.265. The summed E-state index contributed by atoms with van der Waals surface area (Å²) in [4.78, 5) is 0. The molecule has 0 saturated heterocycles. The molecule has 0 unspecified atom stereocenters. The summed E-state index contributed by atoms with van der Waals surface area (Å²) in [7, 11) is 0. The summed E-state index contributed by atoms with van der Waals surface area (Å²) in [5.41, 5.74) is 4.56. The van der Waals surface area contributed by atoms with Crippen LogP contribution in [0.4, 0.5) is 4.39 Å². The predicted molar refractivity (Wildman–Crippen MR) is 118 cm³/mol. The monoisotopic (exact) mass is 450 g/mol. The Morgan fingerprint density at radius 3 is 2.77 bits per heavy atom. The SMILES string of the molecule is CCCc1n[nH]c(=S)n1NCc1ccc(OCc2c(F)cccc2Cl)c(OCC)c1. The molecule has 0 aliphatic heterocycles. The van der Waals surface area contributed by atoms with Gasteiger partial charge in [0, 0.05) is 12.0 Å². The maximum Gasteiger partial charge on any atom is 0.214 e. The molecule has 1 aromatic heterocycles. The molecule has 0 aliphatic rings. The van der Waals surface area contributed by atoms with E-state index in [1.165, 1.54) is 6.07 Å². The van der Waals surface area contributed by atoms with Crippen LogP contribution in [0.1, 0.15) is 37.2 Å². The lowest BCUT2D eigenvalue weighted by atomic mass is 10.2. The van der Waals surface area contributed by atoms with Crippen LogP contribution in [0, 0.1) is 10.6 Å². The molecule has 0 amide bonds. The molecule has 3 aromatic rings. The van der Waals surface area contributed by atoms with Gasteiger partial charge in [-0.2, -0.15) is 5.10 Å². The van der Waals surface area contributed by atoms with Crippen molar-refractivity contribution in [3.05, 3.63) is 69.0 Å². The summed E-state index contributed by atoms with van der Waals surface area (Å²) in [6.45, 7) is 4.98. The van der Waals surface area contributed by atoms with Crippen LogP contribution in [-0.2, 0) is 19.6 Å². The van der Waals surface area contributed by atoms with Crippen molar-refractivity contribution in [1.29, 1.82) is 0 Å². The quantitative estimate of drug-likeness (QED) is 0.404. The molecule has 0 aliphatic carbocycles. The third-order valence-electron chi connectivity index (χ3n) is 4.40. The number of hydrogen-bond donors (Lipinski definition) is 2. The minimum atomic E-state index is -0.402. The van der Waals surface area contributed by atoms with E-state index in [2.05, 4.69) is 22.5 Å². The van der Waals surface area contributed by atoms with E-state index in [9.17, 15) is 4.39 Å². The first-order valence-corrected chi connectivity index (χ1v) is 10.5. The van der Waals surface area contributed by atoms with Gasteiger partial charge in [-0.05, 0) is 55.4 Å². The van der Waals surface area contributed by atoms with Gasteiger partial charge in [0.05, 0.1) is 18.2 Å². The fourth-order valence-corrected chi connectivity index (χ4v) is 3.36. The Balaban J connectivity index is 1.73. The molecule has 2 N–H and O–H groups in total. The first-order valence-electron chi connectivity index (χ1n) is 9.75. The van der Waals surface area contributed by atoms with Gasteiger partial charge in [0.1, 0.15) is 12.4 Å². The zero-order valence-electron chi connectivity index (χ0n) is 16.9. The van der Waals surface area contributed by atoms with Crippen molar-refractivity contribution in [3.8, 4) is 11.5 Å². The fourth-order valence-electron chi connectivity index (χ4n) is 2.92. The van der Waals surface area contributed by atoms with Crippen molar-refractivity contribution in [2.75, 3.05) is 12.0 Å². The lowest BCUT2D eigenvalue weighted by Crippen LogP contribution is -2.17. The number of aromatic amines is 1. The number of nitrogens with one attached hydrogen (secondary N) is 2.